The second-order valence-electron chi connectivity index (χ2n) is 3.73. The molecular formula is C10H16O6. The summed E-state index contributed by atoms with van der Waals surface area (Å²) < 4.78 is 4.77. The lowest BCUT2D eigenvalue weighted by atomic mass is 9.89. The van der Waals surface area contributed by atoms with Gasteiger partial charge in [0.05, 0.1) is 17.9 Å². The van der Waals surface area contributed by atoms with E-state index in [1.807, 2.05) is 0 Å². The van der Waals surface area contributed by atoms with Crippen LogP contribution in [-0.2, 0) is 19.1 Å². The molecule has 92 valence electrons. The summed E-state index contributed by atoms with van der Waals surface area (Å²) in [5, 5.41) is 17.6. The highest BCUT2D eigenvalue weighted by atomic mass is 16.5. The van der Waals surface area contributed by atoms with Crippen molar-refractivity contribution in [2.45, 2.75) is 33.3 Å². The highest BCUT2D eigenvalue weighted by Gasteiger charge is 2.31. The smallest absolute Gasteiger partial charge is 0.307 e. The van der Waals surface area contributed by atoms with E-state index in [1.54, 1.807) is 0 Å². The van der Waals surface area contributed by atoms with Gasteiger partial charge in [0.1, 0.15) is 0 Å². The summed E-state index contributed by atoms with van der Waals surface area (Å²) >= 11 is 0. The molecule has 0 saturated heterocycles. The van der Waals surface area contributed by atoms with Crippen molar-refractivity contribution in [1.82, 2.24) is 0 Å². The third kappa shape index (κ3) is 4.77. The molecular weight excluding hydrogens is 216 g/mol. The van der Waals surface area contributed by atoms with Crippen molar-refractivity contribution in [3.05, 3.63) is 0 Å². The Hall–Kier alpha value is -1.59. The van der Waals surface area contributed by atoms with E-state index in [9.17, 15) is 14.4 Å². The molecule has 16 heavy (non-hydrogen) atoms. The summed E-state index contributed by atoms with van der Waals surface area (Å²) in [5.74, 6) is -4.97. The van der Waals surface area contributed by atoms with E-state index in [2.05, 4.69) is 0 Å². The fourth-order valence-corrected chi connectivity index (χ4v) is 1.38. The van der Waals surface area contributed by atoms with E-state index in [0.29, 0.717) is 0 Å². The first-order chi connectivity index (χ1) is 7.25. The van der Waals surface area contributed by atoms with E-state index >= 15 is 0 Å². The number of carbonyl (C=O) groups excluding carboxylic acids is 1. The quantitative estimate of drug-likeness (QED) is 0.655. The van der Waals surface area contributed by atoms with E-state index in [-0.39, 0.29) is 6.42 Å². The molecule has 0 aliphatic heterocycles. The molecule has 0 radical (unpaired) electrons. The van der Waals surface area contributed by atoms with E-state index in [1.165, 1.54) is 20.8 Å². The van der Waals surface area contributed by atoms with Gasteiger partial charge in [0.15, 0.2) is 0 Å². The van der Waals surface area contributed by atoms with Gasteiger partial charge in [0.2, 0.25) is 0 Å². The Balaban J connectivity index is 4.51. The fourth-order valence-electron chi connectivity index (χ4n) is 1.38. The Bertz CT molecular complexity index is 285. The summed E-state index contributed by atoms with van der Waals surface area (Å²) in [7, 11) is 0. The molecule has 0 spiro atoms. The lowest BCUT2D eigenvalue weighted by Crippen LogP contribution is -2.31. The molecule has 3 unspecified atom stereocenters. The number of carbonyl (C=O) groups is 3. The molecule has 0 bridgehead atoms. The number of ether oxygens (including phenoxy) is 1. The van der Waals surface area contributed by atoms with Crippen LogP contribution in [-0.4, -0.2) is 34.2 Å². The summed E-state index contributed by atoms with van der Waals surface area (Å²) in [6.07, 6.45) is -0.622. The zero-order chi connectivity index (χ0) is 12.9. The molecule has 0 aliphatic rings. The third-order valence-electron chi connectivity index (χ3n) is 2.26. The van der Waals surface area contributed by atoms with Gasteiger partial charge >= 0.3 is 17.9 Å². The maximum Gasteiger partial charge on any atom is 0.307 e. The maximum atomic E-state index is 10.9. The Labute approximate surface area is 93.2 Å². The molecule has 0 saturated carbocycles. The normalized spacial score (nSPS) is 15.9. The van der Waals surface area contributed by atoms with Gasteiger partial charge in [-0.1, -0.05) is 6.92 Å². The SMILES string of the molecule is CC(=O)OC(C)CC(C(=O)O)C(C)C(=O)O. The number of rotatable bonds is 6. The number of aliphatic carboxylic acids is 2. The van der Waals surface area contributed by atoms with Crippen LogP contribution in [0.5, 0.6) is 0 Å². The molecule has 0 aromatic rings. The Kier molecular flexibility index (Phi) is 5.49. The first kappa shape index (κ1) is 14.4. The number of hydrogen-bond acceptors (Lipinski definition) is 4. The molecule has 0 rings (SSSR count). The number of carboxylic acids is 2. The van der Waals surface area contributed by atoms with Gasteiger partial charge in [-0.25, -0.2) is 0 Å². The second-order valence-corrected chi connectivity index (χ2v) is 3.73. The Morgan fingerprint density at radius 1 is 1.12 bits per heavy atom. The van der Waals surface area contributed by atoms with Gasteiger partial charge in [-0.15, -0.1) is 0 Å². The monoisotopic (exact) mass is 232 g/mol. The number of hydrogen-bond donors (Lipinski definition) is 2. The minimum atomic E-state index is -1.20. The van der Waals surface area contributed by atoms with Crippen LogP contribution in [0.1, 0.15) is 27.2 Å². The lowest BCUT2D eigenvalue weighted by Gasteiger charge is -2.20. The summed E-state index contributed by atoms with van der Waals surface area (Å²) in [6.45, 7) is 4.07. The van der Waals surface area contributed by atoms with Crippen molar-refractivity contribution in [1.29, 1.82) is 0 Å². The molecule has 6 nitrogen and oxygen atoms in total. The highest BCUT2D eigenvalue weighted by Crippen LogP contribution is 2.19. The van der Waals surface area contributed by atoms with Gasteiger partial charge in [-0.2, -0.15) is 0 Å². The molecule has 0 fully saturated rings. The van der Waals surface area contributed by atoms with Crippen LogP contribution in [0, 0.1) is 11.8 Å². The summed E-state index contributed by atoms with van der Waals surface area (Å²) in [5.41, 5.74) is 0. The molecule has 0 amide bonds. The number of carboxylic acid groups (broad SMARTS) is 2. The van der Waals surface area contributed by atoms with Gasteiger partial charge in [-0.05, 0) is 13.3 Å². The van der Waals surface area contributed by atoms with E-state index < -0.39 is 35.8 Å². The molecule has 3 atom stereocenters. The van der Waals surface area contributed by atoms with Crippen LogP contribution < -0.4 is 0 Å². The van der Waals surface area contributed by atoms with Crippen molar-refractivity contribution >= 4 is 17.9 Å². The molecule has 0 heterocycles. The Morgan fingerprint density at radius 2 is 1.62 bits per heavy atom. The van der Waals surface area contributed by atoms with Crippen LogP contribution >= 0.6 is 0 Å². The predicted octanol–water partition coefficient (Wildman–Crippen LogP) is 0.750. The van der Waals surface area contributed by atoms with Crippen LogP contribution in [0.25, 0.3) is 0 Å². The Morgan fingerprint density at radius 3 is 1.94 bits per heavy atom. The first-order valence-electron chi connectivity index (χ1n) is 4.88. The van der Waals surface area contributed by atoms with Gasteiger partial charge in [-0.3, -0.25) is 14.4 Å². The van der Waals surface area contributed by atoms with E-state index in [0.717, 1.165) is 0 Å². The molecule has 0 aromatic carbocycles. The number of esters is 1. The van der Waals surface area contributed by atoms with Crippen molar-refractivity contribution in [3.8, 4) is 0 Å². The minimum absolute atomic E-state index is 0.0115. The van der Waals surface area contributed by atoms with Gasteiger partial charge in [0, 0.05) is 6.92 Å². The van der Waals surface area contributed by atoms with Crippen LogP contribution in [0.15, 0.2) is 0 Å². The second kappa shape index (κ2) is 6.09. The summed E-state index contributed by atoms with van der Waals surface area (Å²) in [4.78, 5) is 32.2. The third-order valence-corrected chi connectivity index (χ3v) is 2.26. The predicted molar refractivity (Wildman–Crippen MR) is 53.8 cm³/mol. The molecule has 2 N–H and O–H groups in total. The zero-order valence-electron chi connectivity index (χ0n) is 9.47. The molecule has 0 aromatic heterocycles. The largest absolute Gasteiger partial charge is 0.481 e. The first-order valence-corrected chi connectivity index (χ1v) is 4.88. The van der Waals surface area contributed by atoms with E-state index in [4.69, 9.17) is 14.9 Å². The lowest BCUT2D eigenvalue weighted by molar-refractivity contribution is -0.156. The zero-order valence-corrected chi connectivity index (χ0v) is 9.47. The average molecular weight is 232 g/mol. The highest BCUT2D eigenvalue weighted by molar-refractivity contribution is 5.79. The standard InChI is InChI=1S/C10H16O6/c1-5(16-7(3)11)4-8(10(14)15)6(2)9(12)13/h5-6,8H,4H2,1-3H3,(H,12,13)(H,14,15). The van der Waals surface area contributed by atoms with Gasteiger partial charge in [0.25, 0.3) is 0 Å². The molecule has 0 aliphatic carbocycles. The van der Waals surface area contributed by atoms with Gasteiger partial charge < -0.3 is 14.9 Å². The van der Waals surface area contributed by atoms with Crippen molar-refractivity contribution in [2.24, 2.45) is 11.8 Å². The van der Waals surface area contributed by atoms with Crippen molar-refractivity contribution in [3.63, 3.8) is 0 Å². The minimum Gasteiger partial charge on any atom is -0.481 e. The fraction of sp³-hybridized carbons (Fsp3) is 0.700. The van der Waals surface area contributed by atoms with Crippen LogP contribution in [0.2, 0.25) is 0 Å². The van der Waals surface area contributed by atoms with Crippen molar-refractivity contribution in [2.75, 3.05) is 0 Å². The van der Waals surface area contributed by atoms with Crippen LogP contribution in [0.3, 0.4) is 0 Å². The molecule has 6 heteroatoms. The van der Waals surface area contributed by atoms with Crippen LogP contribution in [0.4, 0.5) is 0 Å². The maximum absolute atomic E-state index is 10.9. The summed E-state index contributed by atoms with van der Waals surface area (Å²) in [6, 6.07) is 0. The topological polar surface area (TPSA) is 101 Å². The van der Waals surface area contributed by atoms with Crippen molar-refractivity contribution < 1.29 is 29.3 Å². The average Bonchev–Trinajstić information content (AvgIpc) is 2.11.